The SMILES string of the molecule is CN1CCC(Nc2nc(C(=O)NC3CCOC(C4CCCC4)C3)c3oc(C(N)=O)cc3c2Br)CC1. The minimum Gasteiger partial charge on any atom is -0.448 e. The van der Waals surface area contributed by atoms with Crippen molar-refractivity contribution in [3.63, 3.8) is 0 Å². The van der Waals surface area contributed by atoms with Gasteiger partial charge in [-0.05, 0) is 86.6 Å². The highest BCUT2D eigenvalue weighted by atomic mass is 79.9. The largest absolute Gasteiger partial charge is 0.448 e. The van der Waals surface area contributed by atoms with Crippen molar-refractivity contribution in [1.82, 2.24) is 15.2 Å². The van der Waals surface area contributed by atoms with Gasteiger partial charge in [-0.25, -0.2) is 4.98 Å². The standard InChI is InChI=1S/C25H34BrN5O4/c1-31-9-6-15(7-10-31)28-24-20(26)17-13-19(23(27)32)35-22(17)21(30-24)25(33)29-16-8-11-34-18(12-16)14-4-2-3-5-14/h13-16,18H,2-12H2,1H3,(H2,27,32)(H,28,30)(H,29,33). The molecule has 10 heteroatoms. The van der Waals surface area contributed by atoms with Gasteiger partial charge >= 0.3 is 0 Å². The highest BCUT2D eigenvalue weighted by Gasteiger charge is 2.33. The molecule has 2 aromatic heterocycles. The first-order valence-corrected chi connectivity index (χ1v) is 13.5. The van der Waals surface area contributed by atoms with E-state index in [0.29, 0.717) is 28.2 Å². The van der Waals surface area contributed by atoms with Crippen LogP contribution in [0.4, 0.5) is 5.82 Å². The molecule has 2 aliphatic heterocycles. The van der Waals surface area contributed by atoms with E-state index in [4.69, 9.17) is 14.9 Å². The summed E-state index contributed by atoms with van der Waals surface area (Å²) in [5.74, 6) is 0.162. The van der Waals surface area contributed by atoms with Crippen LogP contribution in [0.3, 0.4) is 0 Å². The summed E-state index contributed by atoms with van der Waals surface area (Å²) in [6.45, 7) is 2.63. The molecule has 0 aromatic carbocycles. The lowest BCUT2D eigenvalue weighted by molar-refractivity contribution is -0.0302. The zero-order chi connectivity index (χ0) is 24.5. The molecule has 190 valence electrons. The van der Waals surface area contributed by atoms with Gasteiger partial charge in [-0.2, -0.15) is 0 Å². The van der Waals surface area contributed by atoms with Crippen LogP contribution in [-0.4, -0.2) is 66.6 Å². The van der Waals surface area contributed by atoms with Crippen LogP contribution in [0.15, 0.2) is 15.0 Å². The number of carbonyl (C=O) groups is 2. The summed E-state index contributed by atoms with van der Waals surface area (Å²) in [5, 5.41) is 7.27. The van der Waals surface area contributed by atoms with E-state index in [2.05, 4.69) is 43.5 Å². The number of nitrogens with zero attached hydrogens (tertiary/aromatic N) is 2. The van der Waals surface area contributed by atoms with Crippen molar-refractivity contribution in [3.8, 4) is 0 Å². The summed E-state index contributed by atoms with van der Waals surface area (Å²) >= 11 is 3.61. The molecule has 1 aliphatic carbocycles. The fourth-order valence-electron chi connectivity index (χ4n) is 5.66. The average Bonchev–Trinajstić information content (AvgIpc) is 3.53. The van der Waals surface area contributed by atoms with Crippen molar-refractivity contribution in [2.75, 3.05) is 32.1 Å². The number of piperidine rings is 1. The van der Waals surface area contributed by atoms with Crippen LogP contribution in [0, 0.1) is 5.92 Å². The maximum absolute atomic E-state index is 13.5. The number of amides is 2. The number of ether oxygens (including phenoxy) is 1. The highest BCUT2D eigenvalue weighted by Crippen LogP contribution is 2.36. The Balaban J connectivity index is 1.40. The predicted molar refractivity (Wildman–Crippen MR) is 137 cm³/mol. The van der Waals surface area contributed by atoms with Gasteiger partial charge in [-0.3, -0.25) is 9.59 Å². The van der Waals surface area contributed by atoms with E-state index in [0.717, 1.165) is 38.8 Å². The van der Waals surface area contributed by atoms with Gasteiger partial charge in [0, 0.05) is 24.1 Å². The third kappa shape index (κ3) is 5.34. The highest BCUT2D eigenvalue weighted by molar-refractivity contribution is 9.10. The zero-order valence-corrected chi connectivity index (χ0v) is 21.7. The molecule has 3 fully saturated rings. The van der Waals surface area contributed by atoms with Crippen molar-refractivity contribution in [2.24, 2.45) is 11.7 Å². The number of hydrogen-bond acceptors (Lipinski definition) is 7. The summed E-state index contributed by atoms with van der Waals surface area (Å²) in [5.41, 5.74) is 5.90. The molecular weight excluding hydrogens is 514 g/mol. The summed E-state index contributed by atoms with van der Waals surface area (Å²) in [7, 11) is 2.11. The van der Waals surface area contributed by atoms with Crippen LogP contribution < -0.4 is 16.4 Å². The zero-order valence-electron chi connectivity index (χ0n) is 20.1. The molecule has 35 heavy (non-hydrogen) atoms. The van der Waals surface area contributed by atoms with Gasteiger partial charge in [0.1, 0.15) is 5.82 Å². The molecule has 1 saturated carbocycles. The molecule has 2 aromatic rings. The fourth-order valence-corrected chi connectivity index (χ4v) is 6.15. The van der Waals surface area contributed by atoms with Crippen LogP contribution in [0.5, 0.6) is 0 Å². The molecule has 2 saturated heterocycles. The topological polar surface area (TPSA) is 123 Å². The number of furan rings is 1. The first-order chi connectivity index (χ1) is 16.9. The molecule has 2 amide bonds. The number of nitrogens with one attached hydrogen (secondary N) is 2. The summed E-state index contributed by atoms with van der Waals surface area (Å²) in [4.78, 5) is 32.3. The smallest absolute Gasteiger partial charge is 0.284 e. The second-order valence-electron chi connectivity index (χ2n) is 10.2. The molecule has 5 rings (SSSR count). The molecule has 4 N–H and O–H groups in total. The van der Waals surface area contributed by atoms with E-state index in [1.165, 1.54) is 25.7 Å². The number of pyridine rings is 1. The van der Waals surface area contributed by atoms with Gasteiger partial charge in [0.05, 0.1) is 10.6 Å². The minimum absolute atomic E-state index is 0.000329. The maximum atomic E-state index is 13.5. The third-order valence-corrected chi connectivity index (χ3v) is 8.51. The average molecular weight is 548 g/mol. The lowest BCUT2D eigenvalue weighted by Crippen LogP contribution is -2.44. The van der Waals surface area contributed by atoms with Gasteiger partial charge in [0.15, 0.2) is 17.0 Å². The number of anilines is 1. The van der Waals surface area contributed by atoms with Crippen LogP contribution >= 0.6 is 15.9 Å². The Kier molecular flexibility index (Phi) is 7.31. The molecule has 0 spiro atoms. The van der Waals surface area contributed by atoms with Gasteiger partial charge in [-0.1, -0.05) is 12.8 Å². The van der Waals surface area contributed by atoms with E-state index >= 15 is 0 Å². The Morgan fingerprint density at radius 2 is 1.89 bits per heavy atom. The number of halogens is 1. The van der Waals surface area contributed by atoms with Crippen LogP contribution in [0.2, 0.25) is 0 Å². The molecule has 2 unspecified atom stereocenters. The van der Waals surface area contributed by atoms with Crippen molar-refractivity contribution >= 4 is 44.5 Å². The lowest BCUT2D eigenvalue weighted by atomic mass is 9.91. The van der Waals surface area contributed by atoms with Gasteiger partial charge in [0.25, 0.3) is 11.8 Å². The Bertz CT molecular complexity index is 1090. The summed E-state index contributed by atoms with van der Waals surface area (Å²) in [6.07, 6.45) is 8.65. The predicted octanol–water partition coefficient (Wildman–Crippen LogP) is 3.66. The minimum atomic E-state index is -0.687. The van der Waals surface area contributed by atoms with Crippen LogP contribution in [0.25, 0.3) is 11.0 Å². The van der Waals surface area contributed by atoms with Crippen LogP contribution in [0.1, 0.15) is 72.4 Å². The van der Waals surface area contributed by atoms with Gasteiger partial charge in [0.2, 0.25) is 0 Å². The van der Waals surface area contributed by atoms with E-state index in [9.17, 15) is 9.59 Å². The van der Waals surface area contributed by atoms with Crippen molar-refractivity contribution < 1.29 is 18.7 Å². The first kappa shape index (κ1) is 24.5. The quantitative estimate of drug-likeness (QED) is 0.504. The van der Waals surface area contributed by atoms with Gasteiger partial charge in [-0.15, -0.1) is 0 Å². The Morgan fingerprint density at radius 3 is 2.60 bits per heavy atom. The number of fused-ring (bicyclic) bond motifs is 1. The molecule has 2 atom stereocenters. The van der Waals surface area contributed by atoms with Crippen LogP contribution in [-0.2, 0) is 4.74 Å². The molecule has 9 nitrogen and oxygen atoms in total. The second kappa shape index (κ2) is 10.4. The second-order valence-corrected chi connectivity index (χ2v) is 11.0. The Morgan fingerprint density at radius 1 is 1.14 bits per heavy atom. The number of rotatable bonds is 6. The van der Waals surface area contributed by atoms with Crippen molar-refractivity contribution in [1.29, 1.82) is 0 Å². The number of likely N-dealkylation sites (tertiary alicyclic amines) is 1. The molecular formula is C25H34BrN5O4. The molecule has 4 heterocycles. The number of primary amides is 1. The van der Waals surface area contributed by atoms with Crippen molar-refractivity contribution in [2.45, 2.75) is 69.6 Å². The van der Waals surface area contributed by atoms with E-state index in [1.807, 2.05) is 0 Å². The Hall–Kier alpha value is -2.17. The number of aromatic nitrogens is 1. The van der Waals surface area contributed by atoms with Crippen molar-refractivity contribution in [3.05, 3.63) is 22.0 Å². The maximum Gasteiger partial charge on any atom is 0.284 e. The fraction of sp³-hybridized carbons (Fsp3) is 0.640. The third-order valence-electron chi connectivity index (χ3n) is 7.71. The molecule has 3 aliphatic rings. The van der Waals surface area contributed by atoms with E-state index in [1.54, 1.807) is 6.07 Å². The monoisotopic (exact) mass is 547 g/mol. The lowest BCUT2D eigenvalue weighted by Gasteiger charge is -2.33. The Labute approximate surface area is 213 Å². The summed E-state index contributed by atoms with van der Waals surface area (Å²) < 4.78 is 12.4. The molecule has 0 radical (unpaired) electrons. The normalized spacial score (nSPS) is 24.6. The first-order valence-electron chi connectivity index (χ1n) is 12.7. The van der Waals surface area contributed by atoms with E-state index in [-0.39, 0.29) is 41.1 Å². The van der Waals surface area contributed by atoms with E-state index < -0.39 is 5.91 Å². The van der Waals surface area contributed by atoms with Gasteiger partial charge < -0.3 is 30.4 Å². The number of nitrogens with two attached hydrogens (primary N) is 1. The number of carbonyl (C=O) groups excluding carboxylic acids is 2. The summed E-state index contributed by atoms with van der Waals surface area (Å²) in [6, 6.07) is 1.83. The number of hydrogen-bond donors (Lipinski definition) is 3. The molecule has 0 bridgehead atoms.